The van der Waals surface area contributed by atoms with Crippen LogP contribution >= 0.6 is 23.1 Å². The van der Waals surface area contributed by atoms with E-state index in [2.05, 4.69) is 18.3 Å². The lowest BCUT2D eigenvalue weighted by Crippen LogP contribution is -2.07. The van der Waals surface area contributed by atoms with E-state index in [0.29, 0.717) is 0 Å². The summed E-state index contributed by atoms with van der Waals surface area (Å²) in [5, 5.41) is 3.41. The molecule has 2 rings (SSSR count). The second-order valence-electron chi connectivity index (χ2n) is 2.54. The Morgan fingerprint density at radius 3 is 3.27 bits per heavy atom. The number of fused-ring (bicyclic) bond motifs is 1. The Balaban J connectivity index is 2.32. The molecule has 0 unspecified atom stereocenters. The van der Waals surface area contributed by atoms with Crippen LogP contribution in [0.1, 0.15) is 11.8 Å². The Hall–Kier alpha value is -0.150. The second-order valence-corrected chi connectivity index (χ2v) is 5.04. The number of thiophene rings is 1. The monoisotopic (exact) mass is 185 g/mol. The molecule has 1 aromatic heterocycles. The van der Waals surface area contributed by atoms with E-state index in [1.807, 2.05) is 23.1 Å². The summed E-state index contributed by atoms with van der Waals surface area (Å²) < 4.78 is 1.48. The maximum Gasteiger partial charge on any atom is 0.0834 e. The molecule has 0 saturated heterocycles. The molecule has 3 heteroatoms. The minimum absolute atomic E-state index is 1.12. The SMILES string of the molecule is CCc1cc2c(s1)SCCN2. The van der Waals surface area contributed by atoms with Crippen molar-refractivity contribution in [3.05, 3.63) is 10.9 Å². The molecule has 1 aliphatic rings. The van der Waals surface area contributed by atoms with Crippen LogP contribution in [0, 0.1) is 0 Å². The Bertz CT molecular complexity index is 231. The fraction of sp³-hybridized carbons (Fsp3) is 0.500. The van der Waals surface area contributed by atoms with E-state index < -0.39 is 0 Å². The summed E-state index contributed by atoms with van der Waals surface area (Å²) in [5.74, 6) is 1.22. The molecule has 11 heavy (non-hydrogen) atoms. The zero-order chi connectivity index (χ0) is 7.68. The molecule has 0 atom stereocenters. The summed E-state index contributed by atoms with van der Waals surface area (Å²) in [6, 6.07) is 2.28. The smallest absolute Gasteiger partial charge is 0.0834 e. The first-order chi connectivity index (χ1) is 5.40. The maximum atomic E-state index is 3.41. The van der Waals surface area contributed by atoms with Gasteiger partial charge in [-0.15, -0.1) is 23.1 Å². The predicted molar refractivity (Wildman–Crippen MR) is 52.9 cm³/mol. The molecule has 0 spiro atoms. The predicted octanol–water partition coefficient (Wildman–Crippen LogP) is 2.83. The van der Waals surface area contributed by atoms with Gasteiger partial charge in [0, 0.05) is 17.2 Å². The van der Waals surface area contributed by atoms with Crippen LogP contribution in [0.5, 0.6) is 0 Å². The fourth-order valence-electron chi connectivity index (χ4n) is 1.16. The molecule has 0 bridgehead atoms. The highest BCUT2D eigenvalue weighted by molar-refractivity contribution is 8.01. The summed E-state index contributed by atoms with van der Waals surface area (Å²) in [7, 11) is 0. The quantitative estimate of drug-likeness (QED) is 0.722. The first-order valence-electron chi connectivity index (χ1n) is 3.89. The third-order valence-electron chi connectivity index (χ3n) is 1.75. The zero-order valence-corrected chi connectivity index (χ0v) is 8.15. The van der Waals surface area contributed by atoms with Gasteiger partial charge in [0.25, 0.3) is 0 Å². The molecule has 1 aromatic rings. The summed E-state index contributed by atoms with van der Waals surface area (Å²) in [4.78, 5) is 1.50. The van der Waals surface area contributed by atoms with Crippen molar-refractivity contribution >= 4 is 28.8 Å². The van der Waals surface area contributed by atoms with Crippen molar-refractivity contribution < 1.29 is 0 Å². The van der Waals surface area contributed by atoms with Crippen LogP contribution in [-0.2, 0) is 6.42 Å². The van der Waals surface area contributed by atoms with E-state index in [1.165, 1.54) is 26.9 Å². The first kappa shape index (κ1) is 7.50. The highest BCUT2D eigenvalue weighted by atomic mass is 32.2. The van der Waals surface area contributed by atoms with Crippen molar-refractivity contribution in [1.82, 2.24) is 0 Å². The van der Waals surface area contributed by atoms with Gasteiger partial charge in [-0.3, -0.25) is 0 Å². The van der Waals surface area contributed by atoms with Crippen molar-refractivity contribution in [2.24, 2.45) is 0 Å². The van der Waals surface area contributed by atoms with Gasteiger partial charge in [0.15, 0.2) is 0 Å². The molecule has 0 aliphatic carbocycles. The molecule has 0 radical (unpaired) electrons. The first-order valence-corrected chi connectivity index (χ1v) is 5.69. The lowest BCUT2D eigenvalue weighted by atomic mass is 10.3. The van der Waals surface area contributed by atoms with Crippen LogP contribution in [0.15, 0.2) is 10.3 Å². The molecule has 1 N–H and O–H groups in total. The van der Waals surface area contributed by atoms with Gasteiger partial charge >= 0.3 is 0 Å². The van der Waals surface area contributed by atoms with E-state index >= 15 is 0 Å². The molecular weight excluding hydrogens is 174 g/mol. The number of rotatable bonds is 1. The van der Waals surface area contributed by atoms with Crippen LogP contribution in [0.2, 0.25) is 0 Å². The highest BCUT2D eigenvalue weighted by Crippen LogP contribution is 2.38. The van der Waals surface area contributed by atoms with Gasteiger partial charge in [0.1, 0.15) is 0 Å². The van der Waals surface area contributed by atoms with E-state index in [4.69, 9.17) is 0 Å². The van der Waals surface area contributed by atoms with Crippen molar-refractivity contribution in [3.8, 4) is 0 Å². The molecule has 1 aliphatic heterocycles. The number of nitrogens with one attached hydrogen (secondary N) is 1. The number of hydrogen-bond acceptors (Lipinski definition) is 3. The van der Waals surface area contributed by atoms with Crippen LogP contribution in [0.25, 0.3) is 0 Å². The molecular formula is C8H11NS2. The molecule has 0 fully saturated rings. The second kappa shape index (κ2) is 3.07. The zero-order valence-electron chi connectivity index (χ0n) is 6.52. The Morgan fingerprint density at radius 1 is 1.64 bits per heavy atom. The van der Waals surface area contributed by atoms with Crippen LogP contribution < -0.4 is 5.32 Å². The van der Waals surface area contributed by atoms with Gasteiger partial charge in [-0.2, -0.15) is 0 Å². The van der Waals surface area contributed by atoms with Crippen molar-refractivity contribution in [2.45, 2.75) is 17.6 Å². The van der Waals surface area contributed by atoms with Crippen molar-refractivity contribution in [3.63, 3.8) is 0 Å². The molecule has 1 nitrogen and oxygen atoms in total. The summed E-state index contributed by atoms with van der Waals surface area (Å²) >= 11 is 3.92. The van der Waals surface area contributed by atoms with Gasteiger partial charge in [0.2, 0.25) is 0 Å². The Kier molecular flexibility index (Phi) is 2.09. The third-order valence-corrected chi connectivity index (χ3v) is 4.32. The fourth-order valence-corrected chi connectivity index (χ4v) is 3.44. The third kappa shape index (κ3) is 1.40. The largest absolute Gasteiger partial charge is 0.383 e. The lowest BCUT2D eigenvalue weighted by molar-refractivity contribution is 1.17. The van der Waals surface area contributed by atoms with Crippen molar-refractivity contribution in [2.75, 3.05) is 17.6 Å². The van der Waals surface area contributed by atoms with Crippen molar-refractivity contribution in [1.29, 1.82) is 0 Å². The Morgan fingerprint density at radius 2 is 2.55 bits per heavy atom. The highest BCUT2D eigenvalue weighted by Gasteiger charge is 2.11. The van der Waals surface area contributed by atoms with E-state index in [9.17, 15) is 0 Å². The molecule has 0 aromatic carbocycles. The Labute approximate surface area is 75.2 Å². The summed E-state index contributed by atoms with van der Waals surface area (Å²) in [5.41, 5.74) is 1.36. The van der Waals surface area contributed by atoms with E-state index in [-0.39, 0.29) is 0 Å². The van der Waals surface area contributed by atoms with Gasteiger partial charge < -0.3 is 5.32 Å². The van der Waals surface area contributed by atoms with Gasteiger partial charge in [0.05, 0.1) is 9.90 Å². The minimum atomic E-state index is 1.12. The average molecular weight is 185 g/mol. The molecule has 0 amide bonds. The summed E-state index contributed by atoms with van der Waals surface area (Å²) in [6.07, 6.45) is 1.17. The van der Waals surface area contributed by atoms with Crippen LogP contribution in [0.4, 0.5) is 5.69 Å². The average Bonchev–Trinajstić information content (AvgIpc) is 2.46. The van der Waals surface area contributed by atoms with Gasteiger partial charge in [-0.1, -0.05) is 6.92 Å². The van der Waals surface area contributed by atoms with Crippen LogP contribution in [0.3, 0.4) is 0 Å². The molecule has 2 heterocycles. The van der Waals surface area contributed by atoms with E-state index in [0.717, 1.165) is 6.54 Å². The topological polar surface area (TPSA) is 12.0 Å². The number of hydrogen-bond donors (Lipinski definition) is 1. The lowest BCUT2D eigenvalue weighted by Gasteiger charge is -2.11. The molecule has 60 valence electrons. The van der Waals surface area contributed by atoms with E-state index in [1.54, 1.807) is 0 Å². The normalized spacial score (nSPS) is 15.7. The van der Waals surface area contributed by atoms with Gasteiger partial charge in [-0.05, 0) is 12.5 Å². The minimum Gasteiger partial charge on any atom is -0.383 e. The van der Waals surface area contributed by atoms with Gasteiger partial charge in [-0.25, -0.2) is 0 Å². The standard InChI is InChI=1S/C8H11NS2/c1-2-6-5-7-8(11-6)10-4-3-9-7/h5,9H,2-4H2,1H3. The number of anilines is 1. The number of thioether (sulfide) groups is 1. The number of aryl methyl sites for hydroxylation is 1. The summed E-state index contributed by atoms with van der Waals surface area (Å²) in [6.45, 7) is 3.33. The van der Waals surface area contributed by atoms with Crippen LogP contribution in [-0.4, -0.2) is 12.3 Å². The molecule has 0 saturated carbocycles. The maximum absolute atomic E-state index is 3.41.